The molecule has 0 unspecified atom stereocenters. The summed E-state index contributed by atoms with van der Waals surface area (Å²) in [6, 6.07) is 1.86. The Morgan fingerprint density at radius 2 is 2.36 bits per heavy atom. The molecule has 0 spiro atoms. The van der Waals surface area contributed by atoms with Crippen molar-refractivity contribution in [1.29, 1.82) is 0 Å². The number of aryl methyl sites for hydroxylation is 1. The first-order valence-electron chi connectivity index (χ1n) is 3.47. The van der Waals surface area contributed by atoms with Gasteiger partial charge in [-0.2, -0.15) is 0 Å². The van der Waals surface area contributed by atoms with Gasteiger partial charge in [-0.25, -0.2) is 4.98 Å². The lowest BCUT2D eigenvalue weighted by Gasteiger charge is -2.03. The van der Waals surface area contributed by atoms with E-state index in [0.717, 1.165) is 11.1 Å². The fourth-order valence-corrected chi connectivity index (χ4v) is 0.875. The van der Waals surface area contributed by atoms with Crippen molar-refractivity contribution in [1.82, 2.24) is 4.98 Å². The molecule has 3 heteroatoms. The standard InChI is InChI=1S/C8H12N2O/c1-6-5-10-8(11-2)3-7(6)4-9/h3,5H,4,9H2,1-2H3. The Labute approximate surface area is 66.2 Å². The summed E-state index contributed by atoms with van der Waals surface area (Å²) in [5.74, 6) is 0.621. The summed E-state index contributed by atoms with van der Waals surface area (Å²) < 4.78 is 4.94. The topological polar surface area (TPSA) is 48.1 Å². The van der Waals surface area contributed by atoms with Gasteiger partial charge >= 0.3 is 0 Å². The van der Waals surface area contributed by atoms with E-state index in [1.165, 1.54) is 0 Å². The van der Waals surface area contributed by atoms with Crippen LogP contribution in [0.4, 0.5) is 0 Å². The molecule has 0 aliphatic carbocycles. The zero-order valence-electron chi connectivity index (χ0n) is 6.79. The molecule has 0 aromatic carbocycles. The maximum atomic E-state index is 5.49. The van der Waals surface area contributed by atoms with E-state index in [2.05, 4.69) is 4.98 Å². The zero-order chi connectivity index (χ0) is 8.27. The molecule has 3 nitrogen and oxygen atoms in total. The summed E-state index contributed by atoms with van der Waals surface area (Å²) in [5.41, 5.74) is 7.68. The normalized spacial score (nSPS) is 9.73. The first-order chi connectivity index (χ1) is 5.27. The van der Waals surface area contributed by atoms with E-state index in [9.17, 15) is 0 Å². The number of ether oxygens (including phenoxy) is 1. The van der Waals surface area contributed by atoms with Gasteiger partial charge in [-0.1, -0.05) is 0 Å². The number of aromatic nitrogens is 1. The molecule has 1 rings (SSSR count). The predicted octanol–water partition coefficient (Wildman–Crippen LogP) is 0.857. The molecule has 1 aromatic rings. The smallest absolute Gasteiger partial charge is 0.213 e. The van der Waals surface area contributed by atoms with Crippen LogP contribution in [0.3, 0.4) is 0 Å². The Kier molecular flexibility index (Phi) is 2.44. The van der Waals surface area contributed by atoms with Crippen LogP contribution in [0.2, 0.25) is 0 Å². The van der Waals surface area contributed by atoms with Crippen LogP contribution in [-0.2, 0) is 6.54 Å². The van der Waals surface area contributed by atoms with Crippen LogP contribution >= 0.6 is 0 Å². The van der Waals surface area contributed by atoms with Gasteiger partial charge in [-0.3, -0.25) is 0 Å². The third kappa shape index (κ3) is 1.68. The summed E-state index contributed by atoms with van der Waals surface area (Å²) >= 11 is 0. The zero-order valence-corrected chi connectivity index (χ0v) is 6.79. The van der Waals surface area contributed by atoms with Gasteiger partial charge < -0.3 is 10.5 Å². The molecule has 0 radical (unpaired) electrons. The van der Waals surface area contributed by atoms with E-state index < -0.39 is 0 Å². The van der Waals surface area contributed by atoms with Crippen LogP contribution in [0.5, 0.6) is 5.88 Å². The highest BCUT2D eigenvalue weighted by Gasteiger charge is 1.98. The number of nitrogens with zero attached hydrogens (tertiary/aromatic N) is 1. The molecule has 11 heavy (non-hydrogen) atoms. The minimum Gasteiger partial charge on any atom is -0.481 e. The second kappa shape index (κ2) is 3.34. The Hall–Kier alpha value is -1.09. The lowest BCUT2D eigenvalue weighted by molar-refractivity contribution is 0.397. The molecule has 0 saturated heterocycles. The molecule has 0 aliphatic heterocycles. The predicted molar refractivity (Wildman–Crippen MR) is 43.4 cm³/mol. The molecular formula is C8H12N2O. The van der Waals surface area contributed by atoms with Gasteiger partial charge in [-0.15, -0.1) is 0 Å². The van der Waals surface area contributed by atoms with Gasteiger partial charge in [0, 0.05) is 18.8 Å². The van der Waals surface area contributed by atoms with Crippen molar-refractivity contribution in [2.45, 2.75) is 13.5 Å². The summed E-state index contributed by atoms with van der Waals surface area (Å²) in [7, 11) is 1.60. The molecule has 1 heterocycles. The minimum atomic E-state index is 0.532. The average molecular weight is 152 g/mol. The van der Waals surface area contributed by atoms with Crippen molar-refractivity contribution < 1.29 is 4.74 Å². The molecule has 0 saturated carbocycles. The first kappa shape index (κ1) is 8.01. The van der Waals surface area contributed by atoms with Crippen molar-refractivity contribution in [3.05, 3.63) is 23.4 Å². The van der Waals surface area contributed by atoms with Crippen molar-refractivity contribution in [2.75, 3.05) is 7.11 Å². The number of pyridine rings is 1. The van der Waals surface area contributed by atoms with Gasteiger partial charge in [0.05, 0.1) is 7.11 Å². The van der Waals surface area contributed by atoms with Crippen LogP contribution in [0.15, 0.2) is 12.3 Å². The van der Waals surface area contributed by atoms with Gasteiger partial charge in [0.15, 0.2) is 0 Å². The number of rotatable bonds is 2. The van der Waals surface area contributed by atoms with Crippen LogP contribution in [0.25, 0.3) is 0 Å². The molecule has 0 atom stereocenters. The highest BCUT2D eigenvalue weighted by atomic mass is 16.5. The van der Waals surface area contributed by atoms with E-state index in [0.29, 0.717) is 12.4 Å². The summed E-state index contributed by atoms with van der Waals surface area (Å²) in [5, 5.41) is 0. The number of hydrogen-bond acceptors (Lipinski definition) is 3. The van der Waals surface area contributed by atoms with Gasteiger partial charge in [0.1, 0.15) is 0 Å². The van der Waals surface area contributed by atoms with Crippen LogP contribution in [0.1, 0.15) is 11.1 Å². The molecule has 60 valence electrons. The monoisotopic (exact) mass is 152 g/mol. The molecule has 0 fully saturated rings. The molecule has 0 aliphatic rings. The maximum absolute atomic E-state index is 5.49. The SMILES string of the molecule is COc1cc(CN)c(C)cn1. The van der Waals surface area contributed by atoms with Crippen molar-refractivity contribution in [3.63, 3.8) is 0 Å². The van der Waals surface area contributed by atoms with E-state index in [1.807, 2.05) is 13.0 Å². The Balaban J connectivity index is 3.02. The van der Waals surface area contributed by atoms with Crippen LogP contribution in [-0.4, -0.2) is 12.1 Å². The van der Waals surface area contributed by atoms with E-state index in [1.54, 1.807) is 13.3 Å². The quantitative estimate of drug-likeness (QED) is 0.683. The minimum absolute atomic E-state index is 0.532. The van der Waals surface area contributed by atoms with Crippen molar-refractivity contribution in [3.8, 4) is 5.88 Å². The average Bonchev–Trinajstić information content (AvgIpc) is 2.05. The second-order valence-corrected chi connectivity index (χ2v) is 2.36. The third-order valence-electron chi connectivity index (χ3n) is 1.62. The molecular weight excluding hydrogens is 140 g/mol. The van der Waals surface area contributed by atoms with Crippen LogP contribution < -0.4 is 10.5 Å². The van der Waals surface area contributed by atoms with Crippen molar-refractivity contribution in [2.24, 2.45) is 5.73 Å². The van der Waals surface area contributed by atoms with Crippen LogP contribution in [0, 0.1) is 6.92 Å². The number of methoxy groups -OCH3 is 1. The van der Waals surface area contributed by atoms with Gasteiger partial charge in [0.2, 0.25) is 5.88 Å². The Morgan fingerprint density at radius 3 is 2.91 bits per heavy atom. The Bertz CT molecular complexity index is 248. The third-order valence-corrected chi connectivity index (χ3v) is 1.62. The van der Waals surface area contributed by atoms with E-state index in [4.69, 9.17) is 10.5 Å². The largest absolute Gasteiger partial charge is 0.481 e. The maximum Gasteiger partial charge on any atom is 0.213 e. The lowest BCUT2D eigenvalue weighted by atomic mass is 10.1. The van der Waals surface area contributed by atoms with Gasteiger partial charge in [0.25, 0.3) is 0 Å². The fraction of sp³-hybridized carbons (Fsp3) is 0.375. The van der Waals surface area contributed by atoms with E-state index >= 15 is 0 Å². The number of hydrogen-bond donors (Lipinski definition) is 1. The van der Waals surface area contributed by atoms with E-state index in [-0.39, 0.29) is 0 Å². The molecule has 2 N–H and O–H groups in total. The Morgan fingerprint density at radius 1 is 1.64 bits per heavy atom. The summed E-state index contributed by atoms with van der Waals surface area (Å²) in [6.45, 7) is 2.51. The summed E-state index contributed by atoms with van der Waals surface area (Å²) in [4.78, 5) is 4.03. The fourth-order valence-electron chi connectivity index (χ4n) is 0.875. The molecule has 0 bridgehead atoms. The highest BCUT2D eigenvalue weighted by molar-refractivity contribution is 5.27. The highest BCUT2D eigenvalue weighted by Crippen LogP contribution is 2.12. The first-order valence-corrected chi connectivity index (χ1v) is 3.47. The second-order valence-electron chi connectivity index (χ2n) is 2.36. The lowest BCUT2D eigenvalue weighted by Crippen LogP contribution is -2.00. The summed E-state index contributed by atoms with van der Waals surface area (Å²) in [6.07, 6.45) is 1.76. The molecule has 1 aromatic heterocycles. The van der Waals surface area contributed by atoms with Gasteiger partial charge in [-0.05, 0) is 18.1 Å². The number of nitrogens with two attached hydrogens (primary N) is 1. The van der Waals surface area contributed by atoms with Crippen molar-refractivity contribution >= 4 is 0 Å². The molecule has 0 amide bonds.